The van der Waals surface area contributed by atoms with Crippen LogP contribution in [0.4, 0.5) is 14.6 Å². The van der Waals surface area contributed by atoms with Crippen molar-refractivity contribution in [2.24, 2.45) is 0 Å². The van der Waals surface area contributed by atoms with Gasteiger partial charge in [0.15, 0.2) is 17.0 Å². The molecule has 9 heteroatoms. The SMILES string of the molecule is Cc1nc(NCCc2ccc(O)c(-c3ccc(F)cc3F)c2)c2nc3n(c2n1)C(C)(C)CO3. The molecule has 7 nitrogen and oxygen atoms in total. The number of ether oxygens (including phenoxy) is 1. The number of nitrogens with one attached hydrogen (secondary N) is 1. The van der Waals surface area contributed by atoms with Crippen LogP contribution in [0.2, 0.25) is 0 Å². The van der Waals surface area contributed by atoms with Crippen LogP contribution in [0.3, 0.4) is 0 Å². The number of phenols is 1. The third-order valence-electron chi connectivity index (χ3n) is 5.74. The maximum Gasteiger partial charge on any atom is 0.299 e. The molecule has 1 aliphatic heterocycles. The lowest BCUT2D eigenvalue weighted by atomic mass is 10.00. The fraction of sp³-hybridized carbons (Fsp3) is 0.292. The topological polar surface area (TPSA) is 85.1 Å². The second kappa shape index (κ2) is 7.68. The fourth-order valence-electron chi connectivity index (χ4n) is 4.11. The Hall–Kier alpha value is -3.75. The summed E-state index contributed by atoms with van der Waals surface area (Å²) in [6, 6.07) is 8.81. The molecule has 2 N–H and O–H groups in total. The molecule has 2 aromatic carbocycles. The number of anilines is 1. The van der Waals surface area contributed by atoms with Gasteiger partial charge >= 0.3 is 0 Å². The highest BCUT2D eigenvalue weighted by Crippen LogP contribution is 2.36. The summed E-state index contributed by atoms with van der Waals surface area (Å²) in [6.07, 6.45) is 0.580. The van der Waals surface area contributed by atoms with Gasteiger partial charge in [-0.15, -0.1) is 0 Å². The van der Waals surface area contributed by atoms with Crippen LogP contribution in [-0.4, -0.2) is 37.8 Å². The number of nitrogens with zero attached hydrogens (tertiary/aromatic N) is 4. The number of aromatic nitrogens is 4. The number of aromatic hydroxyl groups is 1. The Labute approximate surface area is 189 Å². The molecule has 0 fully saturated rings. The van der Waals surface area contributed by atoms with Crippen LogP contribution in [0.5, 0.6) is 11.8 Å². The zero-order valence-electron chi connectivity index (χ0n) is 18.5. The van der Waals surface area contributed by atoms with Gasteiger partial charge in [-0.05, 0) is 57.0 Å². The number of fused-ring (bicyclic) bond motifs is 3. The average Bonchev–Trinajstić information content (AvgIpc) is 3.27. The van der Waals surface area contributed by atoms with Crippen molar-refractivity contribution in [3.63, 3.8) is 0 Å². The van der Waals surface area contributed by atoms with Gasteiger partial charge < -0.3 is 15.2 Å². The highest BCUT2D eigenvalue weighted by Gasteiger charge is 2.35. The second-order valence-corrected chi connectivity index (χ2v) is 8.77. The molecule has 0 saturated heterocycles. The summed E-state index contributed by atoms with van der Waals surface area (Å²) in [6.45, 7) is 7.03. The van der Waals surface area contributed by atoms with Crippen LogP contribution in [0.25, 0.3) is 22.3 Å². The Balaban J connectivity index is 1.39. The number of hydrogen-bond donors (Lipinski definition) is 2. The second-order valence-electron chi connectivity index (χ2n) is 8.77. The lowest BCUT2D eigenvalue weighted by Gasteiger charge is -2.18. The predicted octanol–water partition coefficient (Wildman–Crippen LogP) is 4.57. The summed E-state index contributed by atoms with van der Waals surface area (Å²) in [7, 11) is 0. The highest BCUT2D eigenvalue weighted by atomic mass is 19.1. The van der Waals surface area contributed by atoms with Gasteiger partial charge in [0.1, 0.15) is 29.8 Å². The van der Waals surface area contributed by atoms with Crippen LogP contribution in [0.15, 0.2) is 36.4 Å². The van der Waals surface area contributed by atoms with E-state index in [2.05, 4.69) is 34.1 Å². The number of aryl methyl sites for hydroxylation is 1. The molecule has 0 aliphatic carbocycles. The van der Waals surface area contributed by atoms with Crippen LogP contribution in [0, 0.1) is 18.6 Å². The van der Waals surface area contributed by atoms with E-state index in [1.54, 1.807) is 12.1 Å². The molecule has 0 unspecified atom stereocenters. The maximum absolute atomic E-state index is 14.2. The third-order valence-corrected chi connectivity index (χ3v) is 5.74. The summed E-state index contributed by atoms with van der Waals surface area (Å²) in [5.41, 5.74) is 2.45. The summed E-state index contributed by atoms with van der Waals surface area (Å²) in [5, 5.41) is 13.5. The molecule has 0 atom stereocenters. The number of rotatable bonds is 5. The van der Waals surface area contributed by atoms with Gasteiger partial charge in [0.2, 0.25) is 0 Å². The third kappa shape index (κ3) is 3.73. The van der Waals surface area contributed by atoms with Crippen molar-refractivity contribution >= 4 is 17.0 Å². The minimum Gasteiger partial charge on any atom is -0.507 e. The maximum atomic E-state index is 14.2. The van der Waals surface area contributed by atoms with Crippen LogP contribution in [0.1, 0.15) is 25.2 Å². The Morgan fingerprint density at radius 3 is 2.70 bits per heavy atom. The van der Waals surface area contributed by atoms with E-state index in [0.717, 1.165) is 17.3 Å². The first-order valence-corrected chi connectivity index (χ1v) is 10.6. The minimum atomic E-state index is -0.725. The lowest BCUT2D eigenvalue weighted by molar-refractivity contribution is 0.268. The van der Waals surface area contributed by atoms with Gasteiger partial charge in [-0.25, -0.2) is 18.7 Å². The first-order valence-electron chi connectivity index (χ1n) is 10.6. The van der Waals surface area contributed by atoms with E-state index in [9.17, 15) is 13.9 Å². The molecule has 5 rings (SSSR count). The number of imidazole rings is 1. The van der Waals surface area contributed by atoms with Gasteiger partial charge in [-0.1, -0.05) is 6.07 Å². The van der Waals surface area contributed by atoms with Gasteiger partial charge in [0.25, 0.3) is 6.01 Å². The van der Waals surface area contributed by atoms with Crippen LogP contribution in [-0.2, 0) is 12.0 Å². The zero-order chi connectivity index (χ0) is 23.3. The molecule has 33 heavy (non-hydrogen) atoms. The summed E-state index contributed by atoms with van der Waals surface area (Å²) >= 11 is 0. The van der Waals surface area contributed by atoms with Crippen molar-refractivity contribution in [2.45, 2.75) is 32.7 Å². The van der Waals surface area contributed by atoms with E-state index in [1.807, 2.05) is 11.5 Å². The quantitative estimate of drug-likeness (QED) is 0.463. The van der Waals surface area contributed by atoms with E-state index >= 15 is 0 Å². The highest BCUT2D eigenvalue weighted by molar-refractivity contribution is 5.84. The van der Waals surface area contributed by atoms with E-state index in [-0.39, 0.29) is 16.9 Å². The van der Waals surface area contributed by atoms with Crippen molar-refractivity contribution in [2.75, 3.05) is 18.5 Å². The van der Waals surface area contributed by atoms with Crippen molar-refractivity contribution in [1.82, 2.24) is 19.5 Å². The molecule has 0 saturated carbocycles. The van der Waals surface area contributed by atoms with E-state index < -0.39 is 11.6 Å². The Morgan fingerprint density at radius 2 is 1.91 bits per heavy atom. The normalized spacial score (nSPS) is 14.3. The van der Waals surface area contributed by atoms with Gasteiger partial charge in [0, 0.05) is 23.7 Å². The molecule has 3 heterocycles. The van der Waals surface area contributed by atoms with Crippen LogP contribution < -0.4 is 10.1 Å². The Kier molecular flexibility index (Phi) is 4.92. The van der Waals surface area contributed by atoms with Crippen molar-refractivity contribution in [3.05, 3.63) is 59.4 Å². The molecule has 0 bridgehead atoms. The number of halogens is 2. The number of hydrogen-bond acceptors (Lipinski definition) is 6. The van der Waals surface area contributed by atoms with Gasteiger partial charge in [-0.3, -0.25) is 4.57 Å². The summed E-state index contributed by atoms with van der Waals surface area (Å²) < 4.78 is 35.2. The molecule has 170 valence electrons. The standard InChI is InChI=1S/C24H23F2N5O2/c1-13-28-21(20-22(29-13)31-23(30-20)33-12-24(31,2)3)27-9-8-14-4-7-19(32)17(10-14)16-6-5-15(25)11-18(16)26/h4-7,10-11,32H,8-9,12H2,1-3H3,(H,27,28,29). The molecular formula is C24H23F2N5O2. The molecule has 4 aromatic rings. The largest absolute Gasteiger partial charge is 0.507 e. The zero-order valence-corrected chi connectivity index (χ0v) is 18.5. The van der Waals surface area contributed by atoms with Crippen molar-refractivity contribution < 1.29 is 18.6 Å². The Bertz CT molecular complexity index is 1380. The predicted molar refractivity (Wildman–Crippen MR) is 121 cm³/mol. The van der Waals surface area contributed by atoms with Gasteiger partial charge in [-0.2, -0.15) is 4.98 Å². The molecule has 1 aliphatic rings. The van der Waals surface area contributed by atoms with Crippen molar-refractivity contribution in [3.8, 4) is 22.9 Å². The monoisotopic (exact) mass is 451 g/mol. The number of phenolic OH excluding ortho intramolecular Hbond substituents is 1. The lowest BCUT2D eigenvalue weighted by Crippen LogP contribution is -2.26. The smallest absolute Gasteiger partial charge is 0.299 e. The van der Waals surface area contributed by atoms with E-state index in [4.69, 9.17) is 4.74 Å². The average molecular weight is 451 g/mol. The minimum absolute atomic E-state index is 0.0690. The van der Waals surface area contributed by atoms with E-state index in [0.29, 0.717) is 48.3 Å². The Morgan fingerprint density at radius 1 is 1.09 bits per heavy atom. The molecular weight excluding hydrogens is 428 g/mol. The first kappa shape index (κ1) is 21.1. The molecule has 2 aromatic heterocycles. The number of benzene rings is 2. The summed E-state index contributed by atoms with van der Waals surface area (Å²) in [5.74, 6) is -0.226. The molecule has 0 amide bonds. The first-order chi connectivity index (χ1) is 15.7. The van der Waals surface area contributed by atoms with Crippen molar-refractivity contribution in [1.29, 1.82) is 0 Å². The molecule has 0 spiro atoms. The van der Waals surface area contributed by atoms with Gasteiger partial charge in [0.05, 0.1) is 5.54 Å². The summed E-state index contributed by atoms with van der Waals surface area (Å²) in [4.78, 5) is 13.7. The van der Waals surface area contributed by atoms with Crippen LogP contribution >= 0.6 is 0 Å². The van der Waals surface area contributed by atoms with E-state index in [1.165, 1.54) is 18.2 Å². The molecule has 0 radical (unpaired) electrons. The fourth-order valence-corrected chi connectivity index (χ4v) is 4.11.